The first-order valence-corrected chi connectivity index (χ1v) is 11.1. The first-order valence-electron chi connectivity index (χ1n) is 11.1. The highest BCUT2D eigenvalue weighted by atomic mass is 19.1. The normalized spacial score (nSPS) is 21.7. The molecule has 166 valence electrons. The average molecular weight is 432 g/mol. The molecule has 1 fully saturated rings. The Balaban J connectivity index is 1.38. The Morgan fingerprint density at radius 1 is 1.29 bits per heavy atom. The standard InChI is InChI=1S/C23H28F2N4O2/c1-15-18(23(30)29-10-3-2-4-21(29)26-15)9-13-28-11-7-16(8-12-28)22(27-31)19-6-5-17(24)14-20(19)25/h5-6,14,16,31H,2-4,7-13H2,1H3/p+1/b27-22-. The minimum Gasteiger partial charge on any atom is -0.411 e. The number of aromatic nitrogens is 2. The summed E-state index contributed by atoms with van der Waals surface area (Å²) in [5.41, 5.74) is 2.20. The van der Waals surface area contributed by atoms with Gasteiger partial charge in [0.05, 0.1) is 25.3 Å². The Hall–Kier alpha value is -2.61. The Kier molecular flexibility index (Phi) is 6.46. The fourth-order valence-electron chi connectivity index (χ4n) is 4.92. The zero-order chi connectivity index (χ0) is 22.0. The Morgan fingerprint density at radius 3 is 2.77 bits per heavy atom. The number of rotatable bonds is 5. The van der Waals surface area contributed by atoms with E-state index in [-0.39, 0.29) is 22.8 Å². The minimum atomic E-state index is -0.710. The van der Waals surface area contributed by atoms with Crippen LogP contribution in [0.5, 0.6) is 0 Å². The van der Waals surface area contributed by atoms with Gasteiger partial charge in [-0.05, 0) is 31.9 Å². The number of benzene rings is 1. The molecule has 3 heterocycles. The van der Waals surface area contributed by atoms with Crippen LogP contribution in [0, 0.1) is 24.5 Å². The third-order valence-corrected chi connectivity index (χ3v) is 6.70. The maximum absolute atomic E-state index is 14.1. The number of piperidine rings is 1. The van der Waals surface area contributed by atoms with Crippen molar-refractivity contribution in [2.75, 3.05) is 19.6 Å². The number of aryl methyl sites for hydroxylation is 2. The van der Waals surface area contributed by atoms with Gasteiger partial charge in [0.25, 0.3) is 5.56 Å². The highest BCUT2D eigenvalue weighted by molar-refractivity contribution is 6.02. The maximum Gasteiger partial charge on any atom is 0.257 e. The second-order valence-corrected chi connectivity index (χ2v) is 8.64. The zero-order valence-electron chi connectivity index (χ0n) is 17.8. The molecule has 0 atom stereocenters. The number of likely N-dealkylation sites (tertiary alicyclic amines) is 1. The fraction of sp³-hybridized carbons (Fsp3) is 0.522. The summed E-state index contributed by atoms with van der Waals surface area (Å²) in [4.78, 5) is 19.0. The molecule has 1 aromatic heterocycles. The molecule has 0 unspecified atom stereocenters. The third-order valence-electron chi connectivity index (χ3n) is 6.70. The minimum absolute atomic E-state index is 0.0773. The summed E-state index contributed by atoms with van der Waals surface area (Å²) in [7, 11) is 0. The lowest BCUT2D eigenvalue weighted by molar-refractivity contribution is -0.905. The van der Waals surface area contributed by atoms with Crippen molar-refractivity contribution < 1.29 is 18.9 Å². The number of quaternary nitrogens is 1. The van der Waals surface area contributed by atoms with E-state index >= 15 is 0 Å². The molecule has 8 heteroatoms. The van der Waals surface area contributed by atoms with Gasteiger partial charge >= 0.3 is 0 Å². The summed E-state index contributed by atoms with van der Waals surface area (Å²) >= 11 is 0. The maximum atomic E-state index is 14.1. The van der Waals surface area contributed by atoms with Gasteiger partial charge in [-0.3, -0.25) is 9.36 Å². The molecule has 2 aromatic rings. The van der Waals surface area contributed by atoms with Gasteiger partial charge in [0.15, 0.2) is 0 Å². The van der Waals surface area contributed by atoms with Crippen LogP contribution >= 0.6 is 0 Å². The smallest absolute Gasteiger partial charge is 0.257 e. The summed E-state index contributed by atoms with van der Waals surface area (Å²) < 4.78 is 29.2. The first-order chi connectivity index (χ1) is 15.0. The van der Waals surface area contributed by atoms with Crippen LogP contribution in [0.1, 0.15) is 48.3 Å². The summed E-state index contributed by atoms with van der Waals surface area (Å²) in [6.45, 7) is 5.20. The Bertz CT molecular complexity index is 1040. The van der Waals surface area contributed by atoms with Crippen LogP contribution in [0.4, 0.5) is 8.78 Å². The van der Waals surface area contributed by atoms with Crippen LogP contribution in [0.15, 0.2) is 28.1 Å². The predicted molar refractivity (Wildman–Crippen MR) is 113 cm³/mol. The SMILES string of the molecule is Cc1nc2n(c(=O)c1CC[NH+]1CCC(/C(=N/O)c3ccc(F)cc3F)CC1)CCCC2. The van der Waals surface area contributed by atoms with E-state index in [2.05, 4.69) is 10.1 Å². The number of hydrogen-bond acceptors (Lipinski definition) is 4. The van der Waals surface area contributed by atoms with Gasteiger partial charge in [-0.15, -0.1) is 0 Å². The van der Waals surface area contributed by atoms with Gasteiger partial charge in [0.2, 0.25) is 0 Å². The van der Waals surface area contributed by atoms with Gasteiger partial charge < -0.3 is 10.1 Å². The van der Waals surface area contributed by atoms with Gasteiger partial charge in [0.1, 0.15) is 17.5 Å². The van der Waals surface area contributed by atoms with Crippen molar-refractivity contribution in [3.63, 3.8) is 0 Å². The highest BCUT2D eigenvalue weighted by Gasteiger charge is 2.29. The number of nitrogens with zero attached hydrogens (tertiary/aromatic N) is 3. The van der Waals surface area contributed by atoms with Crippen molar-refractivity contribution in [3.05, 3.63) is 62.8 Å². The van der Waals surface area contributed by atoms with E-state index in [0.717, 1.165) is 81.4 Å². The van der Waals surface area contributed by atoms with E-state index in [4.69, 9.17) is 0 Å². The summed E-state index contributed by atoms with van der Waals surface area (Å²) in [5.74, 6) is -0.528. The number of hydrogen-bond donors (Lipinski definition) is 2. The van der Waals surface area contributed by atoms with Crippen molar-refractivity contribution in [2.24, 2.45) is 11.1 Å². The molecule has 0 amide bonds. The molecule has 6 nitrogen and oxygen atoms in total. The lowest BCUT2D eigenvalue weighted by atomic mass is 9.88. The van der Waals surface area contributed by atoms with Gasteiger partial charge in [-0.25, -0.2) is 13.8 Å². The van der Waals surface area contributed by atoms with Crippen molar-refractivity contribution >= 4 is 5.71 Å². The summed E-state index contributed by atoms with van der Waals surface area (Å²) in [6.07, 6.45) is 5.16. The van der Waals surface area contributed by atoms with E-state index in [1.54, 1.807) is 0 Å². The topological polar surface area (TPSA) is 71.9 Å². The molecule has 2 aliphatic rings. The van der Waals surface area contributed by atoms with Crippen LogP contribution < -0.4 is 10.5 Å². The van der Waals surface area contributed by atoms with Crippen LogP contribution in [0.3, 0.4) is 0 Å². The Morgan fingerprint density at radius 2 is 2.06 bits per heavy atom. The number of halogens is 2. The monoisotopic (exact) mass is 431 g/mol. The lowest BCUT2D eigenvalue weighted by Crippen LogP contribution is -3.13. The quantitative estimate of drug-likeness (QED) is 0.432. The van der Waals surface area contributed by atoms with E-state index in [1.807, 2.05) is 11.5 Å². The number of fused-ring (bicyclic) bond motifs is 1. The first kappa shape index (κ1) is 21.6. The summed E-state index contributed by atoms with van der Waals surface area (Å²) in [5, 5.41) is 12.8. The second-order valence-electron chi connectivity index (χ2n) is 8.64. The highest BCUT2D eigenvalue weighted by Crippen LogP contribution is 2.21. The van der Waals surface area contributed by atoms with E-state index < -0.39 is 11.6 Å². The van der Waals surface area contributed by atoms with Crippen LogP contribution in [-0.4, -0.2) is 40.1 Å². The van der Waals surface area contributed by atoms with Crippen LogP contribution in [0.25, 0.3) is 0 Å². The van der Waals surface area contributed by atoms with E-state index in [1.165, 1.54) is 17.0 Å². The van der Waals surface area contributed by atoms with Gasteiger partial charge in [-0.2, -0.15) is 0 Å². The molecule has 0 spiro atoms. The largest absolute Gasteiger partial charge is 0.411 e. The molecule has 31 heavy (non-hydrogen) atoms. The molecule has 2 N–H and O–H groups in total. The molecule has 2 aliphatic heterocycles. The molecule has 0 saturated carbocycles. The van der Waals surface area contributed by atoms with Gasteiger partial charge in [0, 0.05) is 61.0 Å². The predicted octanol–water partition coefficient (Wildman–Crippen LogP) is 1.88. The molecule has 0 bridgehead atoms. The Labute approximate surface area is 180 Å². The van der Waals surface area contributed by atoms with Crippen LogP contribution in [0.2, 0.25) is 0 Å². The molecular weight excluding hydrogens is 402 g/mol. The second kappa shape index (κ2) is 9.26. The molecule has 4 rings (SSSR count). The zero-order valence-corrected chi connectivity index (χ0v) is 17.8. The lowest BCUT2D eigenvalue weighted by Gasteiger charge is -2.30. The average Bonchev–Trinajstić information content (AvgIpc) is 2.76. The van der Waals surface area contributed by atoms with Crippen molar-refractivity contribution in [3.8, 4) is 0 Å². The molecule has 1 aromatic carbocycles. The fourth-order valence-corrected chi connectivity index (χ4v) is 4.92. The molecule has 0 aliphatic carbocycles. The van der Waals surface area contributed by atoms with Crippen molar-refractivity contribution in [2.45, 2.75) is 52.0 Å². The molecule has 1 saturated heterocycles. The van der Waals surface area contributed by atoms with E-state index in [0.29, 0.717) is 6.42 Å². The third kappa shape index (κ3) is 4.54. The molecular formula is C23H29F2N4O2+. The number of oxime groups is 1. The van der Waals surface area contributed by atoms with Crippen LogP contribution in [-0.2, 0) is 19.4 Å². The molecule has 0 radical (unpaired) electrons. The van der Waals surface area contributed by atoms with E-state index in [9.17, 15) is 18.8 Å². The number of nitrogens with one attached hydrogen (secondary N) is 1. The van der Waals surface area contributed by atoms with Crippen molar-refractivity contribution in [1.82, 2.24) is 9.55 Å². The van der Waals surface area contributed by atoms with Crippen molar-refractivity contribution in [1.29, 1.82) is 0 Å². The van der Waals surface area contributed by atoms with Gasteiger partial charge in [-0.1, -0.05) is 5.16 Å². The summed E-state index contributed by atoms with van der Waals surface area (Å²) in [6, 6.07) is 3.32.